The van der Waals surface area contributed by atoms with Gasteiger partial charge < -0.3 is 5.73 Å². The SMILES string of the molecule is CC(N)C1(C2CCC3CC2C3(C)C)CC1. The minimum atomic E-state index is 0.426. The molecule has 4 aliphatic carbocycles. The summed E-state index contributed by atoms with van der Waals surface area (Å²) in [4.78, 5) is 0. The molecule has 4 aliphatic rings. The van der Waals surface area contributed by atoms with Crippen molar-refractivity contribution in [3.63, 3.8) is 0 Å². The lowest BCUT2D eigenvalue weighted by molar-refractivity contribution is -0.128. The zero-order valence-corrected chi connectivity index (χ0v) is 10.4. The smallest absolute Gasteiger partial charge is 0.00697 e. The Hall–Kier alpha value is -0.0400. The van der Waals surface area contributed by atoms with Gasteiger partial charge in [0.05, 0.1) is 0 Å². The third-order valence-corrected chi connectivity index (χ3v) is 6.33. The van der Waals surface area contributed by atoms with Crippen molar-refractivity contribution in [1.82, 2.24) is 0 Å². The lowest BCUT2D eigenvalue weighted by Crippen LogP contribution is -2.56. The molecular formula is C14H25N. The molecule has 1 nitrogen and oxygen atoms in total. The molecule has 0 heterocycles. The first-order valence-corrected chi connectivity index (χ1v) is 6.74. The second-order valence-electron chi connectivity index (χ2n) is 7.07. The van der Waals surface area contributed by atoms with Gasteiger partial charge >= 0.3 is 0 Å². The number of hydrogen-bond donors (Lipinski definition) is 1. The van der Waals surface area contributed by atoms with Crippen LogP contribution in [0.1, 0.15) is 52.9 Å². The van der Waals surface area contributed by atoms with Gasteiger partial charge in [-0.3, -0.25) is 0 Å². The van der Waals surface area contributed by atoms with E-state index in [0.717, 1.165) is 17.8 Å². The van der Waals surface area contributed by atoms with Crippen molar-refractivity contribution >= 4 is 0 Å². The minimum Gasteiger partial charge on any atom is -0.327 e. The summed E-state index contributed by atoms with van der Waals surface area (Å²) in [6.07, 6.45) is 7.27. The lowest BCUT2D eigenvalue weighted by atomic mass is 9.43. The average Bonchev–Trinajstić information content (AvgIpc) is 2.98. The topological polar surface area (TPSA) is 26.0 Å². The highest BCUT2D eigenvalue weighted by molar-refractivity contribution is 5.13. The zero-order valence-electron chi connectivity index (χ0n) is 10.4. The second kappa shape index (κ2) is 2.80. The fourth-order valence-electron chi connectivity index (χ4n) is 4.81. The highest BCUT2D eigenvalue weighted by Crippen LogP contribution is 2.70. The van der Waals surface area contributed by atoms with Crippen molar-refractivity contribution in [3.8, 4) is 0 Å². The molecule has 4 fully saturated rings. The summed E-state index contributed by atoms with van der Waals surface area (Å²) >= 11 is 0. The van der Waals surface area contributed by atoms with E-state index in [1.54, 1.807) is 0 Å². The van der Waals surface area contributed by atoms with Gasteiger partial charge in [0.25, 0.3) is 0 Å². The fourth-order valence-corrected chi connectivity index (χ4v) is 4.81. The molecule has 1 heteroatoms. The van der Waals surface area contributed by atoms with Gasteiger partial charge in [0.2, 0.25) is 0 Å². The van der Waals surface area contributed by atoms with E-state index in [4.69, 9.17) is 5.73 Å². The number of fused-ring (bicyclic) bond motifs is 2. The standard InChI is InChI=1S/C14H25N/c1-9(15)14(6-7-14)11-5-4-10-8-12(11)13(10,2)3/h9-12H,4-8,15H2,1-3H3. The lowest BCUT2D eigenvalue weighted by Gasteiger charge is -2.62. The van der Waals surface area contributed by atoms with Crippen LogP contribution in [0, 0.1) is 28.6 Å². The van der Waals surface area contributed by atoms with Crippen LogP contribution in [0.25, 0.3) is 0 Å². The van der Waals surface area contributed by atoms with E-state index in [0.29, 0.717) is 16.9 Å². The predicted octanol–water partition coefficient (Wildman–Crippen LogP) is 3.19. The molecule has 4 atom stereocenters. The van der Waals surface area contributed by atoms with Gasteiger partial charge in [-0.2, -0.15) is 0 Å². The van der Waals surface area contributed by atoms with Gasteiger partial charge in [-0.1, -0.05) is 13.8 Å². The van der Waals surface area contributed by atoms with E-state index in [2.05, 4.69) is 20.8 Å². The van der Waals surface area contributed by atoms with Crippen LogP contribution in [-0.2, 0) is 0 Å². The fraction of sp³-hybridized carbons (Fsp3) is 1.00. The van der Waals surface area contributed by atoms with Gasteiger partial charge in [-0.15, -0.1) is 0 Å². The first kappa shape index (κ1) is 10.1. The van der Waals surface area contributed by atoms with Crippen LogP contribution in [0.3, 0.4) is 0 Å². The molecule has 0 aromatic carbocycles. The normalized spacial score (nSPS) is 46.8. The molecule has 0 saturated heterocycles. The molecule has 0 amide bonds. The van der Waals surface area contributed by atoms with Crippen molar-refractivity contribution in [2.75, 3.05) is 0 Å². The van der Waals surface area contributed by atoms with Gasteiger partial charge in [0.1, 0.15) is 0 Å². The van der Waals surface area contributed by atoms with E-state index < -0.39 is 0 Å². The molecule has 0 aromatic rings. The second-order valence-corrected chi connectivity index (χ2v) is 7.07. The third kappa shape index (κ3) is 1.13. The zero-order chi connectivity index (χ0) is 10.8. The van der Waals surface area contributed by atoms with Crippen LogP contribution in [0.5, 0.6) is 0 Å². The van der Waals surface area contributed by atoms with Crippen molar-refractivity contribution in [2.24, 2.45) is 34.3 Å². The summed E-state index contributed by atoms with van der Waals surface area (Å²) in [5.41, 5.74) is 7.43. The summed E-state index contributed by atoms with van der Waals surface area (Å²) in [6, 6.07) is 0.426. The Morgan fingerprint density at radius 1 is 1.13 bits per heavy atom. The molecule has 2 N–H and O–H groups in total. The molecule has 4 unspecified atom stereocenters. The van der Waals surface area contributed by atoms with Crippen LogP contribution in [0.4, 0.5) is 0 Å². The quantitative estimate of drug-likeness (QED) is 0.739. The largest absolute Gasteiger partial charge is 0.327 e. The van der Waals surface area contributed by atoms with Crippen molar-refractivity contribution in [2.45, 2.75) is 58.9 Å². The maximum absolute atomic E-state index is 6.23. The molecular weight excluding hydrogens is 182 g/mol. The van der Waals surface area contributed by atoms with Crippen molar-refractivity contribution < 1.29 is 0 Å². The van der Waals surface area contributed by atoms with Crippen LogP contribution < -0.4 is 5.73 Å². The van der Waals surface area contributed by atoms with E-state index in [1.165, 1.54) is 32.1 Å². The third-order valence-electron chi connectivity index (χ3n) is 6.33. The molecule has 0 spiro atoms. The number of nitrogens with two attached hydrogens (primary N) is 1. The summed E-state index contributed by atoms with van der Waals surface area (Å²) in [5, 5.41) is 0. The number of rotatable bonds is 2. The Labute approximate surface area is 93.8 Å². The Kier molecular flexibility index (Phi) is 1.89. The monoisotopic (exact) mass is 207 g/mol. The predicted molar refractivity (Wildman–Crippen MR) is 63.4 cm³/mol. The highest BCUT2D eigenvalue weighted by atomic mass is 14.8. The summed E-state index contributed by atoms with van der Waals surface area (Å²) in [6.45, 7) is 7.23. The highest BCUT2D eigenvalue weighted by Gasteiger charge is 2.63. The summed E-state index contributed by atoms with van der Waals surface area (Å²) < 4.78 is 0. The van der Waals surface area contributed by atoms with Crippen LogP contribution in [0.15, 0.2) is 0 Å². The molecule has 2 bridgehead atoms. The summed E-state index contributed by atoms with van der Waals surface area (Å²) in [7, 11) is 0. The van der Waals surface area contributed by atoms with Gasteiger partial charge in [0.15, 0.2) is 0 Å². The van der Waals surface area contributed by atoms with Crippen LogP contribution in [0.2, 0.25) is 0 Å². The Morgan fingerprint density at radius 3 is 2.20 bits per heavy atom. The molecule has 0 radical (unpaired) electrons. The molecule has 15 heavy (non-hydrogen) atoms. The maximum Gasteiger partial charge on any atom is 0.00697 e. The van der Waals surface area contributed by atoms with Crippen LogP contribution >= 0.6 is 0 Å². The molecule has 4 rings (SSSR count). The van der Waals surface area contributed by atoms with Gasteiger partial charge in [0, 0.05) is 6.04 Å². The van der Waals surface area contributed by atoms with E-state index in [1.807, 2.05) is 0 Å². The Morgan fingerprint density at radius 2 is 1.80 bits per heavy atom. The van der Waals surface area contributed by atoms with Gasteiger partial charge in [-0.05, 0) is 67.6 Å². The summed E-state index contributed by atoms with van der Waals surface area (Å²) in [5.74, 6) is 2.98. The van der Waals surface area contributed by atoms with E-state index in [-0.39, 0.29) is 0 Å². The number of hydrogen-bond acceptors (Lipinski definition) is 1. The molecule has 0 aromatic heterocycles. The average molecular weight is 207 g/mol. The first-order chi connectivity index (χ1) is 6.98. The maximum atomic E-state index is 6.23. The van der Waals surface area contributed by atoms with Crippen molar-refractivity contribution in [3.05, 3.63) is 0 Å². The van der Waals surface area contributed by atoms with Gasteiger partial charge in [-0.25, -0.2) is 0 Å². The molecule has 4 saturated carbocycles. The van der Waals surface area contributed by atoms with E-state index in [9.17, 15) is 0 Å². The Bertz CT molecular complexity index is 273. The molecule has 0 aliphatic heterocycles. The molecule has 86 valence electrons. The van der Waals surface area contributed by atoms with Crippen LogP contribution in [-0.4, -0.2) is 6.04 Å². The first-order valence-electron chi connectivity index (χ1n) is 6.74. The van der Waals surface area contributed by atoms with E-state index >= 15 is 0 Å². The van der Waals surface area contributed by atoms with Crippen molar-refractivity contribution in [1.29, 1.82) is 0 Å². The minimum absolute atomic E-state index is 0.426. The Balaban J connectivity index is 1.83.